The third kappa shape index (κ3) is 9.04. The summed E-state index contributed by atoms with van der Waals surface area (Å²) in [6.07, 6.45) is -2.77. The first kappa shape index (κ1) is 31.6. The lowest BCUT2D eigenvalue weighted by Gasteiger charge is -2.32. The van der Waals surface area contributed by atoms with Gasteiger partial charge in [-0.15, -0.1) is 11.3 Å². The zero-order valence-electron chi connectivity index (χ0n) is 21.7. The zero-order chi connectivity index (χ0) is 29.4. The van der Waals surface area contributed by atoms with Crippen LogP contribution in [-0.2, 0) is 14.3 Å². The average Bonchev–Trinajstić information content (AvgIpc) is 3.30. The van der Waals surface area contributed by atoms with E-state index in [1.54, 1.807) is 13.8 Å². The molecule has 3 amide bonds. The number of alkyl halides is 4. The molecule has 1 aliphatic rings. The molecule has 0 radical (unpaired) electrons. The number of rotatable bonds is 13. The third-order valence-corrected chi connectivity index (χ3v) is 6.92. The van der Waals surface area contributed by atoms with Gasteiger partial charge in [-0.05, 0) is 30.2 Å². The summed E-state index contributed by atoms with van der Waals surface area (Å²) < 4.78 is 63.4. The number of nitrogens with one attached hydrogen (secondary N) is 2. The van der Waals surface area contributed by atoms with Crippen LogP contribution in [0.25, 0.3) is 0 Å². The van der Waals surface area contributed by atoms with Gasteiger partial charge < -0.3 is 25.0 Å². The molecule has 0 spiro atoms. The van der Waals surface area contributed by atoms with Crippen molar-refractivity contribution in [1.82, 2.24) is 10.2 Å². The highest BCUT2D eigenvalue weighted by Crippen LogP contribution is 2.34. The van der Waals surface area contributed by atoms with Crippen LogP contribution in [0.4, 0.5) is 28.9 Å². The second kappa shape index (κ2) is 14.6. The number of carbonyl (C=O) groups excluding carboxylic acids is 3. The number of halogens is 5. The fourth-order valence-corrected chi connectivity index (χ4v) is 5.04. The fourth-order valence-electron chi connectivity index (χ4n) is 4.08. The van der Waals surface area contributed by atoms with E-state index in [0.29, 0.717) is 4.34 Å². The second-order valence-electron chi connectivity index (χ2n) is 9.22. The number of carbonyl (C=O) groups is 3. The quantitative estimate of drug-likeness (QED) is 0.329. The molecule has 15 heteroatoms. The van der Waals surface area contributed by atoms with Crippen LogP contribution in [0.1, 0.15) is 23.5 Å². The number of amides is 3. The first-order valence-corrected chi connectivity index (χ1v) is 13.5. The summed E-state index contributed by atoms with van der Waals surface area (Å²) >= 11 is 6.90. The molecule has 0 bridgehead atoms. The van der Waals surface area contributed by atoms with Crippen LogP contribution >= 0.6 is 22.9 Å². The number of ether oxygens (including phenoxy) is 2. The molecule has 3 rings (SSSR count). The lowest BCUT2D eigenvalue weighted by atomic mass is 10.1. The van der Waals surface area contributed by atoms with Crippen molar-refractivity contribution in [3.63, 3.8) is 0 Å². The smallest absolute Gasteiger partial charge is 0.387 e. The van der Waals surface area contributed by atoms with Crippen LogP contribution in [0.2, 0.25) is 4.34 Å². The summed E-state index contributed by atoms with van der Waals surface area (Å²) in [6, 6.07) is 5.60. The van der Waals surface area contributed by atoms with Gasteiger partial charge in [0.1, 0.15) is 12.6 Å². The minimum atomic E-state index is -3.22. The molecule has 0 aliphatic carbocycles. The van der Waals surface area contributed by atoms with Crippen molar-refractivity contribution in [3.05, 3.63) is 39.5 Å². The normalized spacial score (nSPS) is 14.8. The van der Waals surface area contributed by atoms with Gasteiger partial charge in [-0.3, -0.25) is 19.3 Å². The molecule has 1 fully saturated rings. The van der Waals surface area contributed by atoms with Crippen molar-refractivity contribution >= 4 is 52.0 Å². The van der Waals surface area contributed by atoms with Crippen LogP contribution in [-0.4, -0.2) is 81.1 Å². The Balaban J connectivity index is 1.86. The maximum atomic E-state index is 13.5. The van der Waals surface area contributed by atoms with Gasteiger partial charge in [-0.25, -0.2) is 8.78 Å². The number of hydrogen-bond donors (Lipinski definition) is 2. The predicted octanol–water partition coefficient (Wildman–Crippen LogP) is 4.33. The van der Waals surface area contributed by atoms with Gasteiger partial charge in [-0.2, -0.15) is 8.78 Å². The third-order valence-electron chi connectivity index (χ3n) is 5.69. The van der Waals surface area contributed by atoms with Crippen LogP contribution in [0, 0.1) is 5.92 Å². The van der Waals surface area contributed by atoms with Crippen molar-refractivity contribution in [2.45, 2.75) is 32.9 Å². The van der Waals surface area contributed by atoms with Crippen LogP contribution in [0.15, 0.2) is 30.3 Å². The molecule has 2 heterocycles. The molecule has 2 aromatic rings. The van der Waals surface area contributed by atoms with E-state index < -0.39 is 43.3 Å². The van der Waals surface area contributed by atoms with E-state index in [2.05, 4.69) is 15.4 Å². The molecule has 1 aromatic carbocycles. The zero-order valence-corrected chi connectivity index (χ0v) is 23.2. The molecule has 220 valence electrons. The van der Waals surface area contributed by atoms with Gasteiger partial charge in [0, 0.05) is 31.4 Å². The van der Waals surface area contributed by atoms with Gasteiger partial charge in [0.15, 0.2) is 5.75 Å². The molecule has 1 atom stereocenters. The summed E-state index contributed by atoms with van der Waals surface area (Å²) in [6.45, 7) is -0.511. The number of morpholine rings is 1. The van der Waals surface area contributed by atoms with Crippen LogP contribution in [0.5, 0.6) is 5.75 Å². The molecule has 9 nitrogen and oxygen atoms in total. The summed E-state index contributed by atoms with van der Waals surface area (Å²) in [4.78, 5) is 41.0. The Morgan fingerprint density at radius 1 is 1.18 bits per heavy atom. The SMILES string of the molecule is CC(C)CN(CC(F)F)[C@H](CNC(=O)c1ccc(Cl)s1)C(=O)Nc1ccc(N2CCOCC2=O)c(OC(F)F)c1. The van der Waals surface area contributed by atoms with Gasteiger partial charge in [-0.1, -0.05) is 25.4 Å². The minimum absolute atomic E-state index is 0.0213. The highest BCUT2D eigenvalue weighted by molar-refractivity contribution is 7.18. The van der Waals surface area contributed by atoms with E-state index >= 15 is 0 Å². The number of nitrogens with zero attached hydrogens (tertiary/aromatic N) is 2. The van der Waals surface area contributed by atoms with E-state index in [1.807, 2.05) is 0 Å². The van der Waals surface area contributed by atoms with Gasteiger partial charge in [0.05, 0.1) is 28.1 Å². The first-order chi connectivity index (χ1) is 18.9. The Kier molecular flexibility index (Phi) is 11.5. The maximum absolute atomic E-state index is 13.5. The molecule has 2 N–H and O–H groups in total. The van der Waals surface area contributed by atoms with E-state index in [-0.39, 0.29) is 60.8 Å². The van der Waals surface area contributed by atoms with E-state index in [0.717, 1.165) is 17.4 Å². The lowest BCUT2D eigenvalue weighted by molar-refractivity contribution is -0.126. The molecule has 40 heavy (non-hydrogen) atoms. The van der Waals surface area contributed by atoms with Crippen molar-refractivity contribution in [3.8, 4) is 5.75 Å². The van der Waals surface area contributed by atoms with Crippen LogP contribution in [0.3, 0.4) is 0 Å². The Labute approximate surface area is 237 Å². The van der Waals surface area contributed by atoms with Gasteiger partial charge in [0.2, 0.25) is 5.91 Å². The molecule has 0 unspecified atom stereocenters. The topological polar surface area (TPSA) is 100 Å². The number of anilines is 2. The second-order valence-corrected chi connectivity index (χ2v) is 10.9. The highest BCUT2D eigenvalue weighted by atomic mass is 35.5. The fraction of sp³-hybridized carbons (Fsp3) is 0.480. The predicted molar refractivity (Wildman–Crippen MR) is 143 cm³/mol. The Morgan fingerprint density at radius 2 is 1.93 bits per heavy atom. The van der Waals surface area contributed by atoms with E-state index in [4.69, 9.17) is 16.3 Å². The van der Waals surface area contributed by atoms with Crippen molar-refractivity contribution < 1.29 is 41.4 Å². The van der Waals surface area contributed by atoms with Gasteiger partial charge in [0.25, 0.3) is 18.2 Å². The maximum Gasteiger partial charge on any atom is 0.387 e. The van der Waals surface area contributed by atoms with Gasteiger partial charge >= 0.3 is 6.61 Å². The highest BCUT2D eigenvalue weighted by Gasteiger charge is 2.30. The number of hydrogen-bond acceptors (Lipinski definition) is 7. The van der Waals surface area contributed by atoms with E-state index in [9.17, 15) is 31.9 Å². The molecular formula is C25H29ClF4N4O5S. The summed E-state index contributed by atoms with van der Waals surface area (Å²) in [5.74, 6) is -2.22. The lowest BCUT2D eigenvalue weighted by Crippen LogP contribution is -2.53. The monoisotopic (exact) mass is 608 g/mol. The molecular weight excluding hydrogens is 580 g/mol. The Bertz CT molecular complexity index is 1180. The molecule has 0 saturated carbocycles. The Hall–Kier alpha value is -2.94. The first-order valence-electron chi connectivity index (χ1n) is 12.3. The van der Waals surface area contributed by atoms with Crippen molar-refractivity contribution in [2.75, 3.05) is 49.6 Å². The largest absolute Gasteiger partial charge is 0.433 e. The molecule has 1 aliphatic heterocycles. The molecule has 1 aromatic heterocycles. The summed E-state index contributed by atoms with van der Waals surface area (Å²) in [7, 11) is 0. The number of thiophene rings is 1. The summed E-state index contributed by atoms with van der Waals surface area (Å²) in [5, 5.41) is 5.13. The Morgan fingerprint density at radius 3 is 2.52 bits per heavy atom. The van der Waals surface area contributed by atoms with Crippen LogP contribution < -0.4 is 20.3 Å². The summed E-state index contributed by atoms with van der Waals surface area (Å²) in [5.41, 5.74) is 0.0807. The standard InChI is InChI=1S/C25H29ClF4N4O5S/c1-14(2)11-33(12-21(27)28)17(10-31-24(37)19-5-6-20(26)40-19)23(36)32-15-3-4-16(18(9-15)39-25(29)30)34-7-8-38-13-22(34)35/h3-6,9,14,17,21,25H,7-8,10-13H2,1-2H3,(H,31,37)(H,32,36)/t17-/m1/s1. The average molecular weight is 609 g/mol. The molecule has 1 saturated heterocycles. The van der Waals surface area contributed by atoms with Crippen molar-refractivity contribution in [1.29, 1.82) is 0 Å². The van der Waals surface area contributed by atoms with Crippen molar-refractivity contribution in [2.24, 2.45) is 5.92 Å². The number of benzene rings is 1. The minimum Gasteiger partial charge on any atom is -0.433 e. The van der Waals surface area contributed by atoms with E-state index in [1.165, 1.54) is 34.1 Å².